The Morgan fingerprint density at radius 2 is 2.00 bits per heavy atom. The summed E-state index contributed by atoms with van der Waals surface area (Å²) in [7, 11) is 0. The second kappa shape index (κ2) is 9.90. The molecule has 0 radical (unpaired) electrons. The molecule has 0 bridgehead atoms. The van der Waals surface area contributed by atoms with Crippen molar-refractivity contribution in [2.24, 2.45) is 0 Å². The molecule has 0 aliphatic heterocycles. The fourth-order valence-corrected chi connectivity index (χ4v) is 2.81. The van der Waals surface area contributed by atoms with Crippen molar-refractivity contribution in [1.29, 1.82) is 0 Å². The fourth-order valence-electron chi connectivity index (χ4n) is 2.81. The fraction of sp³-hybridized carbons (Fsp3) is 0.364. The van der Waals surface area contributed by atoms with E-state index in [0.29, 0.717) is 37.8 Å². The van der Waals surface area contributed by atoms with Gasteiger partial charge in [-0.1, -0.05) is 18.2 Å². The van der Waals surface area contributed by atoms with Crippen LogP contribution >= 0.6 is 0 Å². The zero-order valence-corrected chi connectivity index (χ0v) is 16.1. The maximum absolute atomic E-state index is 12.1. The molecule has 1 aliphatic rings. The van der Waals surface area contributed by atoms with Gasteiger partial charge in [-0.2, -0.15) is 0 Å². The van der Waals surface area contributed by atoms with E-state index in [-0.39, 0.29) is 11.9 Å². The quantitative estimate of drug-likeness (QED) is 0.504. The maximum Gasteiger partial charge on any atom is 0.330 e. The summed E-state index contributed by atoms with van der Waals surface area (Å²) in [5.41, 5.74) is 1.76. The van der Waals surface area contributed by atoms with Crippen LogP contribution in [0.25, 0.3) is 0 Å². The van der Waals surface area contributed by atoms with Crippen molar-refractivity contribution in [1.82, 2.24) is 10.2 Å². The van der Waals surface area contributed by atoms with Crippen LogP contribution in [0.15, 0.2) is 59.2 Å². The Morgan fingerprint density at radius 1 is 1.21 bits per heavy atom. The van der Waals surface area contributed by atoms with Crippen molar-refractivity contribution >= 4 is 11.9 Å². The van der Waals surface area contributed by atoms with E-state index in [2.05, 4.69) is 10.2 Å². The molecular weight excluding hydrogens is 356 g/mol. The van der Waals surface area contributed by atoms with E-state index in [1.807, 2.05) is 36.4 Å². The van der Waals surface area contributed by atoms with Gasteiger partial charge in [-0.3, -0.25) is 9.69 Å². The van der Waals surface area contributed by atoms with Gasteiger partial charge in [-0.05, 0) is 49.6 Å². The molecule has 1 fully saturated rings. The van der Waals surface area contributed by atoms with E-state index in [1.54, 1.807) is 19.3 Å². The van der Waals surface area contributed by atoms with Crippen molar-refractivity contribution in [3.63, 3.8) is 0 Å². The molecule has 1 N–H and O–H groups in total. The Kier molecular flexibility index (Phi) is 7.03. The third kappa shape index (κ3) is 6.39. The number of furan rings is 1. The number of carbonyl (C=O) groups is 2. The minimum atomic E-state index is -0.341. The molecule has 0 saturated heterocycles. The third-order valence-corrected chi connectivity index (χ3v) is 4.40. The lowest BCUT2D eigenvalue weighted by molar-refractivity contribution is -0.137. The van der Waals surface area contributed by atoms with Crippen LogP contribution in [0.1, 0.15) is 41.4 Å². The van der Waals surface area contributed by atoms with Crippen LogP contribution in [-0.4, -0.2) is 36.0 Å². The van der Waals surface area contributed by atoms with Gasteiger partial charge in [0.15, 0.2) is 0 Å². The monoisotopic (exact) mass is 382 g/mol. The molecule has 28 heavy (non-hydrogen) atoms. The molecule has 2 aromatic rings. The van der Waals surface area contributed by atoms with Crippen molar-refractivity contribution in [3.8, 4) is 0 Å². The minimum absolute atomic E-state index is 0.0149. The van der Waals surface area contributed by atoms with E-state index >= 15 is 0 Å². The summed E-state index contributed by atoms with van der Waals surface area (Å²) in [5, 5.41) is 2.99. The molecule has 0 spiro atoms. The third-order valence-electron chi connectivity index (χ3n) is 4.40. The van der Waals surface area contributed by atoms with Crippen molar-refractivity contribution in [3.05, 3.63) is 71.7 Å². The molecule has 0 atom stereocenters. The lowest BCUT2D eigenvalue weighted by Crippen LogP contribution is -2.25. The van der Waals surface area contributed by atoms with E-state index in [4.69, 9.17) is 9.15 Å². The van der Waals surface area contributed by atoms with E-state index in [9.17, 15) is 9.59 Å². The van der Waals surface area contributed by atoms with Gasteiger partial charge in [-0.15, -0.1) is 0 Å². The topological polar surface area (TPSA) is 71.8 Å². The number of nitrogens with one attached hydrogen (secondary N) is 1. The highest BCUT2D eigenvalue weighted by molar-refractivity contribution is 5.94. The molecule has 1 aromatic heterocycles. The number of hydrogen-bond acceptors (Lipinski definition) is 5. The number of nitrogens with zero attached hydrogens (tertiary/aromatic N) is 1. The standard InChI is InChI=1S/C22H26N2O4/c1-2-27-21(25)6-3-13-24(16-20-5-4-14-28-20)15-17-7-9-18(10-8-17)22(26)23-19-11-12-19/h3-10,14,19H,2,11-13,15-16H2,1H3,(H,23,26). The number of hydrogen-bond donors (Lipinski definition) is 1. The predicted molar refractivity (Wildman–Crippen MR) is 106 cm³/mol. The van der Waals surface area contributed by atoms with Gasteiger partial charge in [-0.25, -0.2) is 4.79 Å². The summed E-state index contributed by atoms with van der Waals surface area (Å²) in [5.74, 6) is 0.496. The van der Waals surface area contributed by atoms with Gasteiger partial charge >= 0.3 is 5.97 Å². The number of benzene rings is 1. The van der Waals surface area contributed by atoms with Gasteiger partial charge in [0, 0.05) is 30.8 Å². The van der Waals surface area contributed by atoms with E-state index in [0.717, 1.165) is 24.2 Å². The Bertz CT molecular complexity index is 792. The van der Waals surface area contributed by atoms with Gasteiger partial charge in [0.1, 0.15) is 5.76 Å². The number of esters is 1. The molecule has 1 aromatic carbocycles. The molecule has 1 amide bonds. The number of ether oxygens (including phenoxy) is 1. The van der Waals surface area contributed by atoms with Crippen molar-refractivity contribution in [2.75, 3.05) is 13.2 Å². The van der Waals surface area contributed by atoms with E-state index < -0.39 is 0 Å². The van der Waals surface area contributed by atoms with Crippen LogP contribution in [0, 0.1) is 0 Å². The first kappa shape index (κ1) is 19.9. The molecule has 1 heterocycles. The minimum Gasteiger partial charge on any atom is -0.468 e. The average molecular weight is 382 g/mol. The maximum atomic E-state index is 12.1. The first-order valence-corrected chi connectivity index (χ1v) is 9.62. The first-order valence-electron chi connectivity index (χ1n) is 9.62. The Morgan fingerprint density at radius 3 is 2.64 bits per heavy atom. The first-order chi connectivity index (χ1) is 13.6. The van der Waals surface area contributed by atoms with Gasteiger partial charge in [0.2, 0.25) is 0 Å². The van der Waals surface area contributed by atoms with Gasteiger partial charge in [0.05, 0.1) is 19.4 Å². The average Bonchev–Trinajstić information content (AvgIpc) is 3.34. The van der Waals surface area contributed by atoms with Gasteiger partial charge in [0.25, 0.3) is 5.91 Å². The van der Waals surface area contributed by atoms with Crippen LogP contribution in [0.5, 0.6) is 0 Å². The van der Waals surface area contributed by atoms with E-state index in [1.165, 1.54) is 6.08 Å². The van der Waals surface area contributed by atoms with Gasteiger partial charge < -0.3 is 14.5 Å². The largest absolute Gasteiger partial charge is 0.468 e. The lowest BCUT2D eigenvalue weighted by atomic mass is 10.1. The van der Waals surface area contributed by atoms with Crippen LogP contribution in [0.3, 0.4) is 0 Å². The summed E-state index contributed by atoms with van der Waals surface area (Å²) in [6, 6.07) is 11.8. The Hall–Kier alpha value is -2.86. The number of rotatable bonds is 10. The summed E-state index contributed by atoms with van der Waals surface area (Å²) in [4.78, 5) is 25.8. The SMILES string of the molecule is CCOC(=O)C=CCN(Cc1ccc(C(=O)NC2CC2)cc1)Cc1ccco1. The predicted octanol–water partition coefficient (Wildman–Crippen LogP) is 3.29. The summed E-state index contributed by atoms with van der Waals surface area (Å²) >= 11 is 0. The summed E-state index contributed by atoms with van der Waals surface area (Å²) in [6.07, 6.45) is 7.04. The Labute approximate surface area is 165 Å². The highest BCUT2D eigenvalue weighted by Gasteiger charge is 2.23. The smallest absolute Gasteiger partial charge is 0.330 e. The zero-order chi connectivity index (χ0) is 19.8. The molecular formula is C22H26N2O4. The number of amides is 1. The molecule has 1 saturated carbocycles. The van der Waals surface area contributed by atoms with Crippen molar-refractivity contribution < 1.29 is 18.7 Å². The summed E-state index contributed by atoms with van der Waals surface area (Å²) in [6.45, 7) is 4.00. The van der Waals surface area contributed by atoms with Crippen LogP contribution in [0.4, 0.5) is 0 Å². The van der Waals surface area contributed by atoms with Crippen LogP contribution < -0.4 is 5.32 Å². The molecule has 3 rings (SSSR count). The molecule has 6 heteroatoms. The second-order valence-electron chi connectivity index (χ2n) is 6.85. The molecule has 0 unspecified atom stereocenters. The molecule has 1 aliphatic carbocycles. The molecule has 6 nitrogen and oxygen atoms in total. The van der Waals surface area contributed by atoms with Crippen LogP contribution in [-0.2, 0) is 22.6 Å². The van der Waals surface area contributed by atoms with Crippen molar-refractivity contribution in [2.45, 2.75) is 38.9 Å². The second-order valence-corrected chi connectivity index (χ2v) is 6.85. The molecule has 148 valence electrons. The zero-order valence-electron chi connectivity index (χ0n) is 16.1. The summed E-state index contributed by atoms with van der Waals surface area (Å²) < 4.78 is 10.4. The Balaban J connectivity index is 1.60. The highest BCUT2D eigenvalue weighted by Crippen LogP contribution is 2.19. The number of carbonyl (C=O) groups excluding carboxylic acids is 2. The van der Waals surface area contributed by atoms with Crippen LogP contribution in [0.2, 0.25) is 0 Å². The normalized spacial score (nSPS) is 13.8. The highest BCUT2D eigenvalue weighted by atomic mass is 16.5. The lowest BCUT2D eigenvalue weighted by Gasteiger charge is -2.19.